The molecule has 0 spiro atoms. The maximum atomic E-state index is 12.8. The minimum Gasteiger partial charge on any atom is -0.481 e. The first kappa shape index (κ1) is 32.5. The van der Waals surface area contributed by atoms with E-state index in [9.17, 15) is 34.2 Å². The minimum absolute atomic E-state index is 0.0222. The van der Waals surface area contributed by atoms with E-state index in [4.69, 9.17) is 27.7 Å². The second-order valence-corrected chi connectivity index (χ2v) is 8.01. The fraction of sp³-hybridized carbons (Fsp3) is 0.700. The summed E-state index contributed by atoms with van der Waals surface area (Å²) in [5.74, 6) is -5.29. The van der Waals surface area contributed by atoms with Gasteiger partial charge in [-0.05, 0) is 45.1 Å². The summed E-state index contributed by atoms with van der Waals surface area (Å²) in [6.45, 7) is -0.286. The number of carboxylic acid groups (broad SMARTS) is 2. The number of carbonyl (C=O) groups is 5. The number of nitrogens with one attached hydrogen (secondary N) is 5. The van der Waals surface area contributed by atoms with E-state index in [-0.39, 0.29) is 44.6 Å². The first-order valence-corrected chi connectivity index (χ1v) is 11.4. The maximum absolute atomic E-state index is 12.8. The molecule has 0 aliphatic heterocycles. The second-order valence-electron chi connectivity index (χ2n) is 8.01. The van der Waals surface area contributed by atoms with Crippen molar-refractivity contribution in [3.05, 3.63) is 0 Å². The van der Waals surface area contributed by atoms with Crippen molar-refractivity contribution in [1.29, 1.82) is 5.41 Å². The summed E-state index contributed by atoms with van der Waals surface area (Å²) in [6, 6.07) is -5.18. The average molecular weight is 519 g/mol. The van der Waals surface area contributed by atoms with Crippen LogP contribution in [0.1, 0.15) is 44.9 Å². The number of hydrogen-bond acceptors (Lipinski definition) is 9. The molecule has 0 saturated carbocycles. The van der Waals surface area contributed by atoms with Crippen molar-refractivity contribution in [2.45, 2.75) is 69.1 Å². The van der Waals surface area contributed by atoms with Crippen LogP contribution >= 0.6 is 0 Å². The first-order valence-electron chi connectivity index (χ1n) is 11.4. The number of rotatable bonds is 19. The molecule has 0 aliphatic carbocycles. The lowest BCUT2D eigenvalue weighted by Crippen LogP contribution is -2.58. The fourth-order valence-electron chi connectivity index (χ4n) is 2.98. The Labute approximate surface area is 208 Å². The van der Waals surface area contributed by atoms with E-state index < -0.39 is 60.4 Å². The van der Waals surface area contributed by atoms with Gasteiger partial charge in [0.05, 0.1) is 12.6 Å². The molecule has 0 unspecified atom stereocenters. The summed E-state index contributed by atoms with van der Waals surface area (Å²) in [4.78, 5) is 59.8. The molecule has 0 aromatic rings. The summed E-state index contributed by atoms with van der Waals surface area (Å²) in [5, 5.41) is 44.2. The molecule has 4 atom stereocenters. The molecule has 0 aliphatic rings. The molecule has 206 valence electrons. The zero-order valence-corrected chi connectivity index (χ0v) is 20.0. The Morgan fingerprint density at radius 3 is 1.89 bits per heavy atom. The molecule has 0 saturated heterocycles. The number of aliphatic carboxylic acids is 2. The van der Waals surface area contributed by atoms with E-state index in [2.05, 4.69) is 21.3 Å². The van der Waals surface area contributed by atoms with Crippen LogP contribution in [0.25, 0.3) is 0 Å². The van der Waals surface area contributed by atoms with Crippen molar-refractivity contribution < 1.29 is 39.3 Å². The molecular formula is C20H38N8O8. The number of amides is 3. The molecule has 0 fully saturated rings. The quantitative estimate of drug-likeness (QED) is 0.0444. The van der Waals surface area contributed by atoms with Gasteiger partial charge in [0.15, 0.2) is 5.96 Å². The van der Waals surface area contributed by atoms with Gasteiger partial charge in [0.2, 0.25) is 17.7 Å². The maximum Gasteiger partial charge on any atom is 0.326 e. The first-order chi connectivity index (χ1) is 16.9. The SMILES string of the molecule is N=C(N)NCCC[C@H](NC(=O)[C@H](CCCCN)NC(=O)[C@H](CO)NC(=O)[C@@H](N)CCC(=O)O)C(=O)O. The molecule has 0 bridgehead atoms. The van der Waals surface area contributed by atoms with Crippen LogP contribution in [0.3, 0.4) is 0 Å². The number of aliphatic hydroxyl groups excluding tert-OH is 1. The van der Waals surface area contributed by atoms with E-state index in [1.165, 1.54) is 0 Å². The van der Waals surface area contributed by atoms with Crippen LogP contribution in [-0.2, 0) is 24.0 Å². The summed E-state index contributed by atoms with van der Waals surface area (Å²) in [5.41, 5.74) is 16.2. The molecule has 3 amide bonds. The van der Waals surface area contributed by atoms with Crippen molar-refractivity contribution in [3.8, 4) is 0 Å². The van der Waals surface area contributed by atoms with E-state index in [1.54, 1.807) is 0 Å². The van der Waals surface area contributed by atoms with Gasteiger partial charge in [-0.3, -0.25) is 24.6 Å². The smallest absolute Gasteiger partial charge is 0.326 e. The Kier molecular flexibility index (Phi) is 16.1. The summed E-state index contributed by atoms with van der Waals surface area (Å²) in [6.07, 6.45) is 0.795. The number of nitrogens with two attached hydrogens (primary N) is 3. The lowest BCUT2D eigenvalue weighted by molar-refractivity contribution is -0.142. The molecule has 16 heteroatoms. The topological polar surface area (TPSA) is 296 Å². The highest BCUT2D eigenvalue weighted by molar-refractivity contribution is 5.94. The molecule has 14 N–H and O–H groups in total. The van der Waals surface area contributed by atoms with Gasteiger partial charge in [0.25, 0.3) is 0 Å². The zero-order valence-electron chi connectivity index (χ0n) is 20.0. The molecule has 0 aromatic heterocycles. The van der Waals surface area contributed by atoms with Crippen LogP contribution in [0.4, 0.5) is 0 Å². The van der Waals surface area contributed by atoms with Gasteiger partial charge in [-0.2, -0.15) is 0 Å². The van der Waals surface area contributed by atoms with Crippen LogP contribution in [-0.4, -0.2) is 94.8 Å². The van der Waals surface area contributed by atoms with Crippen molar-refractivity contribution in [3.63, 3.8) is 0 Å². The Balaban J connectivity index is 5.22. The lowest BCUT2D eigenvalue weighted by atomic mass is 10.1. The van der Waals surface area contributed by atoms with Crippen LogP contribution in [0.5, 0.6) is 0 Å². The number of carbonyl (C=O) groups excluding carboxylic acids is 3. The van der Waals surface area contributed by atoms with E-state index in [0.717, 1.165) is 0 Å². The van der Waals surface area contributed by atoms with Crippen molar-refractivity contribution in [2.75, 3.05) is 19.7 Å². The van der Waals surface area contributed by atoms with Crippen molar-refractivity contribution in [2.24, 2.45) is 17.2 Å². The molecule has 0 rings (SSSR count). The predicted molar refractivity (Wildman–Crippen MR) is 127 cm³/mol. The normalized spacial score (nSPS) is 14.0. The summed E-state index contributed by atoms with van der Waals surface area (Å²) >= 11 is 0. The summed E-state index contributed by atoms with van der Waals surface area (Å²) < 4.78 is 0. The van der Waals surface area contributed by atoms with Gasteiger partial charge in [0, 0.05) is 13.0 Å². The predicted octanol–water partition coefficient (Wildman–Crippen LogP) is -3.90. The Morgan fingerprint density at radius 1 is 0.806 bits per heavy atom. The van der Waals surface area contributed by atoms with Gasteiger partial charge in [-0.1, -0.05) is 0 Å². The van der Waals surface area contributed by atoms with E-state index >= 15 is 0 Å². The Bertz CT molecular complexity index is 766. The second kappa shape index (κ2) is 17.9. The third kappa shape index (κ3) is 14.0. The number of guanidine groups is 1. The van der Waals surface area contributed by atoms with Gasteiger partial charge in [-0.25, -0.2) is 4.79 Å². The number of carboxylic acids is 2. The fourth-order valence-corrected chi connectivity index (χ4v) is 2.98. The van der Waals surface area contributed by atoms with Crippen LogP contribution in [0, 0.1) is 5.41 Å². The molecular weight excluding hydrogens is 480 g/mol. The van der Waals surface area contributed by atoms with Gasteiger partial charge in [-0.15, -0.1) is 0 Å². The summed E-state index contributed by atoms with van der Waals surface area (Å²) in [7, 11) is 0. The van der Waals surface area contributed by atoms with Crippen molar-refractivity contribution in [1.82, 2.24) is 21.3 Å². The highest BCUT2D eigenvalue weighted by atomic mass is 16.4. The minimum atomic E-state index is -1.48. The van der Waals surface area contributed by atoms with Gasteiger partial charge >= 0.3 is 11.9 Å². The van der Waals surface area contributed by atoms with Gasteiger partial charge in [0.1, 0.15) is 18.1 Å². The highest BCUT2D eigenvalue weighted by Crippen LogP contribution is 2.05. The average Bonchev–Trinajstić information content (AvgIpc) is 2.81. The third-order valence-electron chi connectivity index (χ3n) is 5.00. The number of hydrogen-bond donors (Lipinski definition) is 11. The third-order valence-corrected chi connectivity index (χ3v) is 5.00. The Morgan fingerprint density at radius 2 is 1.36 bits per heavy atom. The highest BCUT2D eigenvalue weighted by Gasteiger charge is 2.29. The molecule has 36 heavy (non-hydrogen) atoms. The monoisotopic (exact) mass is 518 g/mol. The van der Waals surface area contributed by atoms with Gasteiger partial charge < -0.3 is 53.8 Å². The number of unbranched alkanes of at least 4 members (excludes halogenated alkanes) is 1. The van der Waals surface area contributed by atoms with Crippen LogP contribution in [0.15, 0.2) is 0 Å². The molecule has 16 nitrogen and oxygen atoms in total. The Hall–Kier alpha value is -3.50. The molecule has 0 radical (unpaired) electrons. The van der Waals surface area contributed by atoms with Crippen molar-refractivity contribution >= 4 is 35.6 Å². The zero-order chi connectivity index (χ0) is 27.7. The standard InChI is InChI=1S/C20H38N8O8/c21-8-2-1-4-12(17(33)27-13(19(35)36)5-3-9-25-20(23)24)26-18(34)14(10-29)28-16(32)11(22)6-7-15(30)31/h11-14,29H,1-10,21-22H2,(H,26,34)(H,27,33)(H,28,32)(H,30,31)(H,35,36)(H4,23,24,25)/t11-,12-,13-,14-/m0/s1. The molecule has 0 aromatic carbocycles. The lowest BCUT2D eigenvalue weighted by Gasteiger charge is -2.24. The van der Waals surface area contributed by atoms with E-state index in [1.807, 2.05) is 0 Å². The van der Waals surface area contributed by atoms with E-state index in [0.29, 0.717) is 19.4 Å². The molecule has 0 heterocycles. The van der Waals surface area contributed by atoms with Crippen LogP contribution in [0.2, 0.25) is 0 Å². The largest absolute Gasteiger partial charge is 0.481 e. The van der Waals surface area contributed by atoms with Crippen LogP contribution < -0.4 is 38.5 Å². The number of aliphatic hydroxyl groups is 1.